The van der Waals surface area contributed by atoms with Crippen LogP contribution in [0.2, 0.25) is 0 Å². The average Bonchev–Trinajstić information content (AvgIpc) is 2.60. The van der Waals surface area contributed by atoms with Crippen molar-refractivity contribution in [3.05, 3.63) is 0 Å². The summed E-state index contributed by atoms with van der Waals surface area (Å²) in [5.74, 6) is 0. The van der Waals surface area contributed by atoms with Gasteiger partial charge in [-0.1, -0.05) is 96.6 Å². The zero-order valence-electron chi connectivity index (χ0n) is 17.0. The highest BCUT2D eigenvalue weighted by molar-refractivity contribution is 5.56. The van der Waals surface area contributed by atoms with Gasteiger partial charge >= 0.3 is 0 Å². The van der Waals surface area contributed by atoms with Crippen LogP contribution in [-0.2, 0) is 4.84 Å². The van der Waals surface area contributed by atoms with Gasteiger partial charge in [0, 0.05) is 6.21 Å². The topological polar surface area (TPSA) is 21.6 Å². The molecule has 0 heterocycles. The molecule has 0 rings (SSSR count). The van der Waals surface area contributed by atoms with Crippen molar-refractivity contribution in [1.29, 1.82) is 0 Å². The van der Waals surface area contributed by atoms with Gasteiger partial charge in [-0.25, -0.2) is 0 Å². The minimum absolute atomic E-state index is 0.347. The molecule has 0 aliphatic heterocycles. The van der Waals surface area contributed by atoms with Crippen molar-refractivity contribution in [2.45, 2.75) is 136 Å². The van der Waals surface area contributed by atoms with Crippen molar-refractivity contribution in [3.63, 3.8) is 0 Å². The molecule has 0 unspecified atom stereocenters. The van der Waals surface area contributed by atoms with Crippen LogP contribution in [0.15, 0.2) is 5.16 Å². The summed E-state index contributed by atoms with van der Waals surface area (Å²) in [4.78, 5) is 5.81. The standard InChI is InChI=1S/C22H45NO/c1-4-7-10-12-14-16-19-22(24-23-21-18-9-6-3)20-17-15-13-11-8-5-2/h21-22H,4-20H2,1-3H3/b23-21+. The first-order valence-corrected chi connectivity index (χ1v) is 11.0. The van der Waals surface area contributed by atoms with Crippen molar-refractivity contribution in [1.82, 2.24) is 0 Å². The maximum absolute atomic E-state index is 5.81. The lowest BCUT2D eigenvalue weighted by Gasteiger charge is -2.15. The van der Waals surface area contributed by atoms with Crippen molar-refractivity contribution >= 4 is 6.21 Å². The first kappa shape index (κ1) is 23.5. The minimum atomic E-state index is 0.347. The number of nitrogens with zero attached hydrogens (tertiary/aromatic N) is 1. The maximum Gasteiger partial charge on any atom is 0.127 e. The molecule has 144 valence electrons. The Bertz CT molecular complexity index is 236. The Hall–Kier alpha value is -0.530. The van der Waals surface area contributed by atoms with Crippen LogP contribution in [-0.4, -0.2) is 12.3 Å². The Morgan fingerprint density at radius 3 is 1.58 bits per heavy atom. The Kier molecular flexibility index (Phi) is 20.1. The van der Waals surface area contributed by atoms with Gasteiger partial charge in [0.2, 0.25) is 0 Å². The van der Waals surface area contributed by atoms with E-state index in [4.69, 9.17) is 4.84 Å². The molecule has 0 aromatic rings. The molecule has 0 bridgehead atoms. The van der Waals surface area contributed by atoms with Gasteiger partial charge in [0.25, 0.3) is 0 Å². The van der Waals surface area contributed by atoms with Crippen LogP contribution < -0.4 is 0 Å². The molecule has 0 amide bonds. The molecule has 0 radical (unpaired) electrons. The Morgan fingerprint density at radius 2 is 1.08 bits per heavy atom. The molecular weight excluding hydrogens is 294 g/mol. The van der Waals surface area contributed by atoms with Crippen LogP contribution in [0.5, 0.6) is 0 Å². The maximum atomic E-state index is 5.81. The second-order valence-corrected chi connectivity index (χ2v) is 7.27. The van der Waals surface area contributed by atoms with Gasteiger partial charge in [0.05, 0.1) is 0 Å². The smallest absolute Gasteiger partial charge is 0.127 e. The van der Waals surface area contributed by atoms with E-state index in [0.717, 1.165) is 6.42 Å². The average molecular weight is 340 g/mol. The quantitative estimate of drug-likeness (QED) is 0.132. The summed E-state index contributed by atoms with van der Waals surface area (Å²) in [7, 11) is 0. The number of rotatable bonds is 19. The zero-order chi connectivity index (χ0) is 17.7. The van der Waals surface area contributed by atoms with Crippen LogP contribution in [0.25, 0.3) is 0 Å². The molecule has 0 fully saturated rings. The lowest BCUT2D eigenvalue weighted by molar-refractivity contribution is 0.0437. The van der Waals surface area contributed by atoms with Gasteiger partial charge in [0.1, 0.15) is 6.10 Å². The SMILES string of the molecule is CCCC/C=N/OC(CCCCCCCC)CCCCCCCC. The van der Waals surface area contributed by atoms with Crippen LogP contribution >= 0.6 is 0 Å². The Labute approximate surface area is 152 Å². The van der Waals surface area contributed by atoms with Crippen molar-refractivity contribution < 1.29 is 4.84 Å². The minimum Gasteiger partial charge on any atom is -0.393 e. The summed E-state index contributed by atoms with van der Waals surface area (Å²) in [6, 6.07) is 0. The van der Waals surface area contributed by atoms with Gasteiger partial charge in [-0.05, 0) is 38.5 Å². The molecule has 0 aliphatic rings. The van der Waals surface area contributed by atoms with Gasteiger partial charge in [-0.2, -0.15) is 0 Å². The number of unbranched alkanes of at least 4 members (excludes halogenated alkanes) is 12. The first-order valence-electron chi connectivity index (χ1n) is 11.0. The Morgan fingerprint density at radius 1 is 0.625 bits per heavy atom. The second kappa shape index (κ2) is 20.5. The summed E-state index contributed by atoms with van der Waals surface area (Å²) < 4.78 is 0. The number of oxime groups is 1. The van der Waals surface area contributed by atoms with E-state index in [-0.39, 0.29) is 0 Å². The molecule has 2 nitrogen and oxygen atoms in total. The van der Waals surface area contributed by atoms with E-state index in [1.165, 1.54) is 103 Å². The Balaban J connectivity index is 3.84. The van der Waals surface area contributed by atoms with Crippen LogP contribution in [0.3, 0.4) is 0 Å². The van der Waals surface area contributed by atoms with Crippen LogP contribution in [0.4, 0.5) is 0 Å². The summed E-state index contributed by atoms with van der Waals surface area (Å²) in [5, 5.41) is 4.24. The third-order valence-electron chi connectivity index (χ3n) is 4.73. The van der Waals surface area contributed by atoms with Gasteiger partial charge < -0.3 is 4.84 Å². The molecule has 0 N–H and O–H groups in total. The predicted molar refractivity (Wildman–Crippen MR) is 109 cm³/mol. The molecular formula is C22H45NO. The summed E-state index contributed by atoms with van der Waals surface area (Å²) >= 11 is 0. The molecule has 24 heavy (non-hydrogen) atoms. The normalized spacial score (nSPS) is 11.7. The van der Waals surface area contributed by atoms with Gasteiger partial charge in [0.15, 0.2) is 0 Å². The van der Waals surface area contributed by atoms with Gasteiger partial charge in [-0.15, -0.1) is 0 Å². The molecule has 2 heteroatoms. The highest BCUT2D eigenvalue weighted by Gasteiger charge is 2.09. The lowest BCUT2D eigenvalue weighted by atomic mass is 10.0. The van der Waals surface area contributed by atoms with Crippen LogP contribution in [0, 0.1) is 0 Å². The third kappa shape index (κ3) is 17.8. The molecule has 0 aromatic carbocycles. The van der Waals surface area contributed by atoms with E-state index in [0.29, 0.717) is 6.10 Å². The summed E-state index contributed by atoms with van der Waals surface area (Å²) in [5.41, 5.74) is 0. The molecule has 0 saturated carbocycles. The largest absolute Gasteiger partial charge is 0.393 e. The fourth-order valence-corrected chi connectivity index (χ4v) is 3.03. The van der Waals surface area contributed by atoms with E-state index in [2.05, 4.69) is 25.9 Å². The fraction of sp³-hybridized carbons (Fsp3) is 0.955. The number of hydrogen-bond acceptors (Lipinski definition) is 2. The second-order valence-electron chi connectivity index (χ2n) is 7.27. The van der Waals surface area contributed by atoms with Crippen LogP contribution in [0.1, 0.15) is 130 Å². The van der Waals surface area contributed by atoms with Crippen molar-refractivity contribution in [2.75, 3.05) is 0 Å². The molecule has 0 atom stereocenters. The van der Waals surface area contributed by atoms with E-state index in [1.807, 2.05) is 6.21 Å². The number of hydrogen-bond donors (Lipinski definition) is 0. The van der Waals surface area contributed by atoms with E-state index >= 15 is 0 Å². The summed E-state index contributed by atoms with van der Waals surface area (Å²) in [6.45, 7) is 6.77. The van der Waals surface area contributed by atoms with E-state index in [9.17, 15) is 0 Å². The van der Waals surface area contributed by atoms with Gasteiger partial charge in [-0.3, -0.25) is 0 Å². The highest BCUT2D eigenvalue weighted by Crippen LogP contribution is 2.17. The van der Waals surface area contributed by atoms with E-state index in [1.54, 1.807) is 0 Å². The van der Waals surface area contributed by atoms with Crippen molar-refractivity contribution in [3.8, 4) is 0 Å². The molecule has 0 aromatic heterocycles. The van der Waals surface area contributed by atoms with E-state index < -0.39 is 0 Å². The fourth-order valence-electron chi connectivity index (χ4n) is 3.03. The zero-order valence-corrected chi connectivity index (χ0v) is 17.0. The predicted octanol–water partition coefficient (Wildman–Crippen LogP) is 8.05. The van der Waals surface area contributed by atoms with Crippen molar-refractivity contribution in [2.24, 2.45) is 5.16 Å². The lowest BCUT2D eigenvalue weighted by Crippen LogP contribution is -2.10. The highest BCUT2D eigenvalue weighted by atomic mass is 16.6. The molecule has 0 spiro atoms. The third-order valence-corrected chi connectivity index (χ3v) is 4.73. The molecule has 0 aliphatic carbocycles. The monoisotopic (exact) mass is 339 g/mol. The first-order chi connectivity index (χ1) is 11.8. The molecule has 0 saturated heterocycles. The summed E-state index contributed by atoms with van der Waals surface area (Å²) in [6.07, 6.45) is 24.5.